The maximum atomic E-state index is 13.5. The summed E-state index contributed by atoms with van der Waals surface area (Å²) in [5, 5.41) is 5.45. The van der Waals surface area contributed by atoms with Crippen LogP contribution in [-0.4, -0.2) is 66.4 Å². The SMILES string of the molecule is CC(C)C[C@H]1NC(=O)CN(S(=O)(=O)c2cccc(C(F)(F)F)c2)CCCOc2cccc(c2)-c2nccn2CCNC1=O. The number of ether oxygens (including phenoxy) is 1. The Hall–Kier alpha value is -3.91. The lowest BCUT2D eigenvalue weighted by molar-refractivity contribution is -0.137. The number of alkyl halides is 3. The van der Waals surface area contributed by atoms with Gasteiger partial charge in [-0.15, -0.1) is 0 Å². The van der Waals surface area contributed by atoms with Gasteiger partial charge in [-0.05, 0) is 49.1 Å². The van der Waals surface area contributed by atoms with E-state index < -0.39 is 51.1 Å². The molecule has 0 radical (unpaired) electrons. The van der Waals surface area contributed by atoms with E-state index in [-0.39, 0.29) is 38.5 Å². The second-order valence-corrected chi connectivity index (χ2v) is 12.5. The Kier molecular flexibility index (Phi) is 10.1. The molecule has 10 nitrogen and oxygen atoms in total. The number of nitrogens with one attached hydrogen (secondary N) is 2. The van der Waals surface area contributed by atoms with Crippen LogP contribution >= 0.6 is 0 Å². The van der Waals surface area contributed by atoms with E-state index in [9.17, 15) is 31.2 Å². The highest BCUT2D eigenvalue weighted by Gasteiger charge is 2.34. The van der Waals surface area contributed by atoms with Crippen molar-refractivity contribution in [1.82, 2.24) is 24.5 Å². The standard InChI is InChI=1S/C29H34F3N5O5S/c1-20(2)16-25-28(39)34-11-14-36-13-10-33-27(36)21-6-3-8-23(17-21)42-15-5-12-37(19-26(38)35-25)43(40,41)24-9-4-7-22(18-24)29(30,31)32/h3-4,6-10,13,17-18,20,25H,5,11-12,14-16,19H2,1-2H3,(H,34,39)(H,35,38)/t25-/m1/s1. The molecule has 1 atom stereocenters. The van der Waals surface area contributed by atoms with E-state index >= 15 is 0 Å². The number of fused-ring (bicyclic) bond motifs is 4. The Labute approximate surface area is 248 Å². The van der Waals surface area contributed by atoms with E-state index in [0.29, 0.717) is 24.2 Å². The third-order valence-electron chi connectivity index (χ3n) is 6.76. The second-order valence-electron chi connectivity index (χ2n) is 10.6. The first-order valence-corrected chi connectivity index (χ1v) is 15.3. The van der Waals surface area contributed by atoms with Crippen LogP contribution in [0, 0.1) is 5.92 Å². The smallest absolute Gasteiger partial charge is 0.416 e. The molecule has 2 N–H and O–H groups in total. The van der Waals surface area contributed by atoms with Crippen molar-refractivity contribution in [3.8, 4) is 17.1 Å². The number of benzene rings is 2. The van der Waals surface area contributed by atoms with Crippen LogP contribution in [-0.2, 0) is 32.3 Å². The average Bonchev–Trinajstić information content (AvgIpc) is 3.42. The van der Waals surface area contributed by atoms with Gasteiger partial charge in [0.1, 0.15) is 17.6 Å². The van der Waals surface area contributed by atoms with Crippen molar-refractivity contribution in [2.75, 3.05) is 26.2 Å². The van der Waals surface area contributed by atoms with Crippen molar-refractivity contribution in [2.45, 2.75) is 50.3 Å². The first kappa shape index (κ1) is 32.0. The number of hydrogen-bond acceptors (Lipinski definition) is 6. The van der Waals surface area contributed by atoms with Gasteiger partial charge in [0.05, 0.1) is 23.6 Å². The molecule has 2 amide bonds. The summed E-state index contributed by atoms with van der Waals surface area (Å²) in [7, 11) is -4.54. The summed E-state index contributed by atoms with van der Waals surface area (Å²) >= 11 is 0. The number of carbonyl (C=O) groups excluding carboxylic acids is 2. The summed E-state index contributed by atoms with van der Waals surface area (Å²) in [5.74, 6) is -0.0201. The predicted octanol–water partition coefficient (Wildman–Crippen LogP) is 3.69. The number of nitrogens with zero attached hydrogens (tertiary/aromatic N) is 3. The number of aromatic nitrogens is 2. The van der Waals surface area contributed by atoms with Gasteiger partial charge in [-0.3, -0.25) is 9.59 Å². The van der Waals surface area contributed by atoms with Gasteiger partial charge in [0.25, 0.3) is 0 Å². The lowest BCUT2D eigenvalue weighted by Gasteiger charge is -2.25. The minimum atomic E-state index is -4.76. The van der Waals surface area contributed by atoms with Gasteiger partial charge in [0.2, 0.25) is 21.8 Å². The molecule has 1 aromatic heterocycles. The fourth-order valence-corrected chi connectivity index (χ4v) is 6.18. The molecule has 0 fully saturated rings. The Bertz CT molecular complexity index is 1540. The minimum Gasteiger partial charge on any atom is -0.494 e. The Morgan fingerprint density at radius 2 is 1.86 bits per heavy atom. The number of imidazole rings is 1. The Morgan fingerprint density at radius 1 is 1.09 bits per heavy atom. The summed E-state index contributed by atoms with van der Waals surface area (Å²) in [6.07, 6.45) is -0.906. The molecule has 43 heavy (non-hydrogen) atoms. The molecule has 0 spiro atoms. The fourth-order valence-electron chi connectivity index (χ4n) is 4.70. The summed E-state index contributed by atoms with van der Waals surface area (Å²) < 4.78 is 75.7. The van der Waals surface area contributed by atoms with E-state index in [4.69, 9.17) is 4.74 Å². The second kappa shape index (κ2) is 13.6. The van der Waals surface area contributed by atoms with Gasteiger partial charge < -0.3 is 19.9 Å². The first-order valence-electron chi connectivity index (χ1n) is 13.8. The Morgan fingerprint density at radius 3 is 2.60 bits per heavy atom. The maximum Gasteiger partial charge on any atom is 0.416 e. The van der Waals surface area contributed by atoms with Crippen LogP contribution < -0.4 is 15.4 Å². The van der Waals surface area contributed by atoms with Crippen molar-refractivity contribution in [2.24, 2.45) is 5.92 Å². The Balaban J connectivity index is 1.65. The third-order valence-corrected chi connectivity index (χ3v) is 8.60. The molecule has 4 rings (SSSR count). The summed E-state index contributed by atoms with van der Waals surface area (Å²) in [5.41, 5.74) is -0.356. The zero-order chi connectivity index (χ0) is 31.2. The van der Waals surface area contributed by atoms with Crippen molar-refractivity contribution in [3.63, 3.8) is 0 Å². The summed E-state index contributed by atoms with van der Waals surface area (Å²) in [4.78, 5) is 30.1. The lowest BCUT2D eigenvalue weighted by Crippen LogP contribution is -2.51. The molecular weight excluding hydrogens is 587 g/mol. The molecule has 14 heteroatoms. The van der Waals surface area contributed by atoms with E-state index in [1.165, 1.54) is 0 Å². The minimum absolute atomic E-state index is 0.0172. The highest BCUT2D eigenvalue weighted by Crippen LogP contribution is 2.31. The average molecular weight is 622 g/mol. The molecule has 1 aliphatic heterocycles. The number of halogens is 3. The molecule has 3 aromatic rings. The predicted molar refractivity (Wildman–Crippen MR) is 152 cm³/mol. The lowest BCUT2D eigenvalue weighted by atomic mass is 10.0. The van der Waals surface area contributed by atoms with Gasteiger partial charge in [0, 0.05) is 37.6 Å². The zero-order valence-electron chi connectivity index (χ0n) is 23.8. The van der Waals surface area contributed by atoms with Crippen LogP contribution in [0.2, 0.25) is 0 Å². The van der Waals surface area contributed by atoms with Crippen molar-refractivity contribution < 1.29 is 35.9 Å². The van der Waals surface area contributed by atoms with Gasteiger partial charge in [0.15, 0.2) is 0 Å². The molecule has 0 unspecified atom stereocenters. The molecule has 1 aliphatic rings. The van der Waals surface area contributed by atoms with E-state index in [0.717, 1.165) is 28.1 Å². The van der Waals surface area contributed by atoms with Gasteiger partial charge >= 0.3 is 6.18 Å². The number of carbonyl (C=O) groups is 2. The third kappa shape index (κ3) is 8.35. The van der Waals surface area contributed by atoms with E-state index in [1.54, 1.807) is 30.6 Å². The zero-order valence-corrected chi connectivity index (χ0v) is 24.6. The molecule has 2 heterocycles. The van der Waals surface area contributed by atoms with Gasteiger partial charge in [-0.1, -0.05) is 32.0 Å². The molecular formula is C29H34F3N5O5S. The van der Waals surface area contributed by atoms with Gasteiger partial charge in [-0.25, -0.2) is 13.4 Å². The molecule has 0 aliphatic carbocycles. The molecule has 2 aromatic carbocycles. The van der Waals surface area contributed by atoms with E-state index in [1.807, 2.05) is 24.5 Å². The molecule has 0 saturated carbocycles. The highest BCUT2D eigenvalue weighted by atomic mass is 32.2. The van der Waals surface area contributed by atoms with Crippen LogP contribution in [0.25, 0.3) is 11.4 Å². The van der Waals surface area contributed by atoms with Crippen molar-refractivity contribution in [3.05, 3.63) is 66.5 Å². The maximum absolute atomic E-state index is 13.5. The monoisotopic (exact) mass is 621 g/mol. The fraction of sp³-hybridized carbons (Fsp3) is 0.414. The van der Waals surface area contributed by atoms with Crippen LogP contribution in [0.1, 0.15) is 32.3 Å². The van der Waals surface area contributed by atoms with Crippen LogP contribution in [0.15, 0.2) is 65.8 Å². The van der Waals surface area contributed by atoms with E-state index in [2.05, 4.69) is 15.6 Å². The normalized spacial score (nSPS) is 18.1. The number of amides is 2. The number of hydrogen-bond donors (Lipinski definition) is 2. The molecule has 2 bridgehead atoms. The summed E-state index contributed by atoms with van der Waals surface area (Å²) in [6.45, 7) is 3.52. The van der Waals surface area contributed by atoms with Crippen LogP contribution in [0.5, 0.6) is 5.75 Å². The van der Waals surface area contributed by atoms with Crippen LogP contribution in [0.3, 0.4) is 0 Å². The van der Waals surface area contributed by atoms with Crippen molar-refractivity contribution >= 4 is 21.8 Å². The molecule has 232 valence electrons. The van der Waals surface area contributed by atoms with Crippen LogP contribution in [0.4, 0.5) is 13.2 Å². The number of sulfonamides is 1. The summed E-state index contributed by atoms with van der Waals surface area (Å²) in [6, 6.07) is 9.57. The molecule has 0 saturated heterocycles. The highest BCUT2D eigenvalue weighted by molar-refractivity contribution is 7.89. The quantitative estimate of drug-likeness (QED) is 0.459. The first-order chi connectivity index (χ1) is 20.3. The van der Waals surface area contributed by atoms with Gasteiger partial charge in [-0.2, -0.15) is 17.5 Å². The topological polar surface area (TPSA) is 123 Å². The largest absolute Gasteiger partial charge is 0.494 e. The van der Waals surface area contributed by atoms with Crippen molar-refractivity contribution in [1.29, 1.82) is 0 Å². The number of rotatable bonds is 4.